The van der Waals surface area contributed by atoms with E-state index >= 15 is 0 Å². The first-order valence-corrected chi connectivity index (χ1v) is 12.8. The van der Waals surface area contributed by atoms with E-state index in [1.807, 2.05) is 43.3 Å². The van der Waals surface area contributed by atoms with Gasteiger partial charge in [-0.15, -0.1) is 0 Å². The van der Waals surface area contributed by atoms with Crippen LogP contribution in [0.3, 0.4) is 0 Å². The first-order valence-electron chi connectivity index (χ1n) is 12.8. The number of amides is 3. The van der Waals surface area contributed by atoms with E-state index in [1.165, 1.54) is 4.90 Å². The normalized spacial score (nSPS) is 22.4. The summed E-state index contributed by atoms with van der Waals surface area (Å²) in [6.07, 6.45) is 1.02. The lowest BCUT2D eigenvalue weighted by Gasteiger charge is -2.29. The zero-order chi connectivity index (χ0) is 26.1. The van der Waals surface area contributed by atoms with Crippen LogP contribution in [0.5, 0.6) is 0 Å². The summed E-state index contributed by atoms with van der Waals surface area (Å²) in [6, 6.07) is 14.5. The molecule has 9 heteroatoms. The minimum atomic E-state index is -1.28. The summed E-state index contributed by atoms with van der Waals surface area (Å²) < 4.78 is 5.78. The molecule has 2 aromatic rings. The molecule has 0 spiro atoms. The van der Waals surface area contributed by atoms with E-state index in [0.29, 0.717) is 25.9 Å². The van der Waals surface area contributed by atoms with E-state index in [9.17, 15) is 24.3 Å². The second-order valence-corrected chi connectivity index (χ2v) is 10.1. The number of ether oxygens (including phenoxy) is 1. The third kappa shape index (κ3) is 4.83. The van der Waals surface area contributed by atoms with Crippen LogP contribution >= 0.6 is 0 Å². The third-order valence-electron chi connectivity index (χ3n) is 7.55. The molecule has 2 saturated heterocycles. The molecule has 0 radical (unpaired) electrons. The van der Waals surface area contributed by atoms with Gasteiger partial charge in [0.1, 0.15) is 19.2 Å². The number of likely N-dealkylation sites (tertiary alicyclic amines) is 1. The zero-order valence-corrected chi connectivity index (χ0v) is 20.8. The fraction of sp³-hybridized carbons (Fsp3) is 0.429. The standard InChI is InChI=1S/C28H31N3O6/c1-17-13-24(27(35)31(15-25(32)33)26(34)23-11-6-12-29-23)30(14-17)28(36)37-16-22-20-9-4-2-7-18(20)19-8-3-5-10-21(19)22/h2-5,7-10,17,22-24,29H,6,11-16H2,1H3,(H,32,33)/t17-,23-,24-/m0/s1. The third-order valence-corrected chi connectivity index (χ3v) is 7.55. The highest BCUT2D eigenvalue weighted by Gasteiger charge is 2.44. The predicted molar refractivity (Wildman–Crippen MR) is 135 cm³/mol. The topological polar surface area (TPSA) is 116 Å². The molecule has 2 heterocycles. The van der Waals surface area contributed by atoms with E-state index in [0.717, 1.165) is 33.6 Å². The van der Waals surface area contributed by atoms with Crippen LogP contribution in [0.15, 0.2) is 48.5 Å². The molecule has 0 bridgehead atoms. The number of imide groups is 1. The number of benzene rings is 2. The number of carbonyl (C=O) groups excluding carboxylic acids is 3. The maximum absolute atomic E-state index is 13.5. The molecule has 3 amide bonds. The Balaban J connectivity index is 1.32. The number of aliphatic carboxylic acids is 1. The molecule has 2 aliphatic heterocycles. The van der Waals surface area contributed by atoms with Gasteiger partial charge in [-0.25, -0.2) is 4.79 Å². The largest absolute Gasteiger partial charge is 0.480 e. The van der Waals surface area contributed by atoms with E-state index in [4.69, 9.17) is 4.74 Å². The van der Waals surface area contributed by atoms with Gasteiger partial charge in [0, 0.05) is 12.5 Å². The van der Waals surface area contributed by atoms with Crippen LogP contribution < -0.4 is 5.32 Å². The molecule has 0 unspecified atom stereocenters. The maximum Gasteiger partial charge on any atom is 0.410 e. The highest BCUT2D eigenvalue weighted by atomic mass is 16.6. The van der Waals surface area contributed by atoms with Gasteiger partial charge >= 0.3 is 12.1 Å². The molecule has 9 nitrogen and oxygen atoms in total. The Labute approximate surface area is 215 Å². The minimum Gasteiger partial charge on any atom is -0.480 e. The molecule has 2 N–H and O–H groups in total. The Morgan fingerprint density at radius 2 is 1.68 bits per heavy atom. The lowest BCUT2D eigenvalue weighted by molar-refractivity contribution is -0.155. The van der Waals surface area contributed by atoms with Crippen LogP contribution in [0.2, 0.25) is 0 Å². The number of carboxylic acid groups (broad SMARTS) is 1. The fourth-order valence-electron chi connectivity index (χ4n) is 5.82. The molecule has 3 atom stereocenters. The highest BCUT2D eigenvalue weighted by molar-refractivity contribution is 6.03. The molecule has 2 aromatic carbocycles. The van der Waals surface area contributed by atoms with E-state index in [2.05, 4.69) is 17.4 Å². The summed E-state index contributed by atoms with van der Waals surface area (Å²) in [5.41, 5.74) is 4.40. The van der Waals surface area contributed by atoms with Crippen molar-refractivity contribution in [3.63, 3.8) is 0 Å². The SMILES string of the molecule is C[C@H]1C[C@@H](C(=O)N(CC(=O)O)C(=O)[C@@H]2CCCN2)N(C(=O)OCC2c3ccccc3-c3ccccc32)C1. The van der Waals surface area contributed by atoms with Crippen LogP contribution in [0, 0.1) is 5.92 Å². The summed E-state index contributed by atoms with van der Waals surface area (Å²) in [7, 11) is 0. The molecule has 1 aliphatic carbocycles. The van der Waals surface area contributed by atoms with Gasteiger partial charge in [0.25, 0.3) is 5.91 Å². The average molecular weight is 506 g/mol. The molecule has 3 aliphatic rings. The Bertz CT molecular complexity index is 1180. The van der Waals surface area contributed by atoms with Gasteiger partial charge in [-0.2, -0.15) is 0 Å². The molecule has 194 valence electrons. The smallest absolute Gasteiger partial charge is 0.410 e. The minimum absolute atomic E-state index is 0.000758. The quantitative estimate of drug-likeness (QED) is 0.580. The summed E-state index contributed by atoms with van der Waals surface area (Å²) in [6.45, 7) is 2.22. The molecular formula is C28H31N3O6. The highest BCUT2D eigenvalue weighted by Crippen LogP contribution is 2.44. The number of rotatable bonds is 6. The lowest BCUT2D eigenvalue weighted by Crippen LogP contribution is -2.55. The Morgan fingerprint density at radius 3 is 2.27 bits per heavy atom. The van der Waals surface area contributed by atoms with Gasteiger partial charge in [0.05, 0.1) is 6.04 Å². The molecule has 0 aromatic heterocycles. The second kappa shape index (κ2) is 10.3. The van der Waals surface area contributed by atoms with E-state index in [1.54, 1.807) is 0 Å². The van der Waals surface area contributed by atoms with Crippen LogP contribution in [0.25, 0.3) is 11.1 Å². The van der Waals surface area contributed by atoms with E-state index < -0.39 is 42.5 Å². The van der Waals surface area contributed by atoms with Crippen molar-refractivity contribution in [3.8, 4) is 11.1 Å². The van der Waals surface area contributed by atoms with Gasteiger partial charge in [-0.3, -0.25) is 24.2 Å². The second-order valence-electron chi connectivity index (χ2n) is 10.1. The van der Waals surface area contributed by atoms with Gasteiger partial charge in [0.15, 0.2) is 0 Å². The molecular weight excluding hydrogens is 474 g/mol. The summed E-state index contributed by atoms with van der Waals surface area (Å²) >= 11 is 0. The Morgan fingerprint density at radius 1 is 1.03 bits per heavy atom. The van der Waals surface area contributed by atoms with Crippen molar-refractivity contribution >= 4 is 23.9 Å². The Hall–Kier alpha value is -3.72. The van der Waals surface area contributed by atoms with Gasteiger partial charge in [-0.05, 0) is 54.0 Å². The summed E-state index contributed by atoms with van der Waals surface area (Å²) in [5.74, 6) is -2.63. The Kier molecular flexibility index (Phi) is 6.97. The monoisotopic (exact) mass is 505 g/mol. The van der Waals surface area contributed by atoms with Gasteiger partial charge in [0.2, 0.25) is 5.91 Å². The summed E-state index contributed by atoms with van der Waals surface area (Å²) in [4.78, 5) is 53.4. The molecule has 0 saturated carbocycles. The number of fused-ring (bicyclic) bond motifs is 3. The molecule has 37 heavy (non-hydrogen) atoms. The number of carbonyl (C=O) groups is 4. The van der Waals surface area contributed by atoms with Crippen molar-refractivity contribution in [2.75, 3.05) is 26.2 Å². The number of nitrogens with zero attached hydrogens (tertiary/aromatic N) is 2. The first kappa shape index (κ1) is 25.0. The maximum atomic E-state index is 13.5. The van der Waals surface area contributed by atoms with Crippen LogP contribution in [0.1, 0.15) is 43.2 Å². The number of hydrogen-bond acceptors (Lipinski definition) is 6. The first-order chi connectivity index (χ1) is 17.8. The number of carboxylic acids is 1. The number of nitrogens with one attached hydrogen (secondary N) is 1. The van der Waals surface area contributed by atoms with Crippen LogP contribution in [-0.2, 0) is 19.1 Å². The number of hydrogen-bond donors (Lipinski definition) is 2. The van der Waals surface area contributed by atoms with Crippen molar-refractivity contribution in [2.45, 2.75) is 44.2 Å². The fourth-order valence-corrected chi connectivity index (χ4v) is 5.82. The van der Waals surface area contributed by atoms with Crippen molar-refractivity contribution < 1.29 is 29.0 Å². The van der Waals surface area contributed by atoms with Crippen molar-refractivity contribution in [3.05, 3.63) is 59.7 Å². The zero-order valence-electron chi connectivity index (χ0n) is 20.8. The van der Waals surface area contributed by atoms with Crippen LogP contribution in [0.4, 0.5) is 4.79 Å². The van der Waals surface area contributed by atoms with Gasteiger partial charge < -0.3 is 15.2 Å². The van der Waals surface area contributed by atoms with Crippen molar-refractivity contribution in [2.24, 2.45) is 5.92 Å². The predicted octanol–water partition coefficient (Wildman–Crippen LogP) is 2.84. The van der Waals surface area contributed by atoms with E-state index in [-0.39, 0.29) is 18.4 Å². The molecule has 5 rings (SSSR count). The summed E-state index contributed by atoms with van der Waals surface area (Å²) in [5, 5.41) is 12.4. The van der Waals surface area contributed by atoms with Crippen molar-refractivity contribution in [1.82, 2.24) is 15.1 Å². The van der Waals surface area contributed by atoms with Crippen molar-refractivity contribution in [1.29, 1.82) is 0 Å². The average Bonchev–Trinajstić information content (AvgIpc) is 3.63. The molecule has 2 fully saturated rings. The van der Waals surface area contributed by atoms with Gasteiger partial charge in [-0.1, -0.05) is 55.5 Å². The van der Waals surface area contributed by atoms with Crippen LogP contribution in [-0.4, -0.2) is 77.1 Å². The lowest BCUT2D eigenvalue weighted by atomic mass is 9.98.